The summed E-state index contributed by atoms with van der Waals surface area (Å²) in [6.07, 6.45) is 2.14. The Morgan fingerprint density at radius 1 is 1.62 bits per heavy atom. The maximum atomic E-state index is 11.9. The number of carbonyl (C=O) groups excluding carboxylic acids is 1. The van der Waals surface area contributed by atoms with Crippen LogP contribution < -0.4 is 10.9 Å². The van der Waals surface area contributed by atoms with Gasteiger partial charge in [0.25, 0.3) is 5.56 Å². The molecule has 0 fully saturated rings. The van der Waals surface area contributed by atoms with Crippen LogP contribution in [-0.4, -0.2) is 23.7 Å². The highest BCUT2D eigenvalue weighted by atomic mass is 16.5. The summed E-state index contributed by atoms with van der Waals surface area (Å²) in [5, 5.41) is 3.05. The molecule has 1 aliphatic heterocycles. The van der Waals surface area contributed by atoms with Gasteiger partial charge in [-0.05, 0) is 11.6 Å². The monoisotopic (exact) mass is 222 g/mol. The van der Waals surface area contributed by atoms with E-state index in [9.17, 15) is 9.59 Å². The van der Waals surface area contributed by atoms with Crippen LogP contribution in [0.1, 0.15) is 11.1 Å². The second-order valence-electron chi connectivity index (χ2n) is 3.90. The minimum Gasteiger partial charge on any atom is -0.468 e. The first-order valence-corrected chi connectivity index (χ1v) is 5.12. The number of hydrogen-bond acceptors (Lipinski definition) is 4. The summed E-state index contributed by atoms with van der Waals surface area (Å²) in [5.74, 6) is -0.323. The van der Waals surface area contributed by atoms with Gasteiger partial charge < -0.3 is 9.30 Å². The Kier molecular flexibility index (Phi) is 2.78. The van der Waals surface area contributed by atoms with Crippen LogP contribution in [0.5, 0.6) is 0 Å². The highest BCUT2D eigenvalue weighted by Gasteiger charge is 2.26. The van der Waals surface area contributed by atoms with Crippen molar-refractivity contribution in [2.24, 2.45) is 7.05 Å². The number of methoxy groups -OCH3 is 1. The quantitative estimate of drug-likeness (QED) is 0.655. The van der Waals surface area contributed by atoms with Gasteiger partial charge in [-0.25, -0.2) is 0 Å². The molecule has 0 saturated heterocycles. The Labute approximate surface area is 93.0 Å². The number of rotatable bonds is 1. The maximum Gasteiger partial charge on any atom is 0.323 e. The summed E-state index contributed by atoms with van der Waals surface area (Å²) >= 11 is 0. The van der Waals surface area contributed by atoms with E-state index in [1.165, 1.54) is 11.7 Å². The standard InChI is InChI=1S/C11H14N2O3/c1-13-4-3-7-6-12-9(11(15)16-2)5-8(7)10(13)14/h3-4,9,12H,5-6H2,1-2H3. The van der Waals surface area contributed by atoms with Gasteiger partial charge in [-0.15, -0.1) is 0 Å². The number of hydrogen-bond donors (Lipinski definition) is 1. The maximum absolute atomic E-state index is 11.9. The molecule has 2 rings (SSSR count). The fourth-order valence-electron chi connectivity index (χ4n) is 1.92. The molecule has 0 saturated carbocycles. The van der Waals surface area contributed by atoms with Crippen molar-refractivity contribution in [3.8, 4) is 0 Å². The summed E-state index contributed by atoms with van der Waals surface area (Å²) in [7, 11) is 3.06. The molecule has 1 N–H and O–H groups in total. The van der Waals surface area contributed by atoms with Gasteiger partial charge >= 0.3 is 5.97 Å². The third kappa shape index (κ3) is 1.74. The van der Waals surface area contributed by atoms with Crippen molar-refractivity contribution in [2.75, 3.05) is 7.11 Å². The van der Waals surface area contributed by atoms with Crippen molar-refractivity contribution >= 4 is 5.97 Å². The first kappa shape index (κ1) is 10.9. The van der Waals surface area contributed by atoms with E-state index in [2.05, 4.69) is 10.1 Å². The SMILES string of the molecule is COC(=O)C1Cc2c(ccn(C)c2=O)CN1. The number of nitrogens with zero attached hydrogens (tertiary/aromatic N) is 1. The van der Waals surface area contributed by atoms with Gasteiger partial charge in [-0.2, -0.15) is 0 Å². The summed E-state index contributed by atoms with van der Waals surface area (Å²) in [6, 6.07) is 1.49. The Morgan fingerprint density at radius 2 is 2.38 bits per heavy atom. The summed E-state index contributed by atoms with van der Waals surface area (Å²) in [5.41, 5.74) is 1.63. The van der Waals surface area contributed by atoms with E-state index in [4.69, 9.17) is 0 Å². The molecule has 1 unspecified atom stereocenters. The Morgan fingerprint density at radius 3 is 3.06 bits per heavy atom. The summed E-state index contributed by atoms with van der Waals surface area (Å²) in [6.45, 7) is 0.533. The normalized spacial score (nSPS) is 19.0. The first-order valence-electron chi connectivity index (χ1n) is 5.12. The van der Waals surface area contributed by atoms with Gasteiger partial charge in [-0.3, -0.25) is 14.9 Å². The van der Waals surface area contributed by atoms with Crippen molar-refractivity contribution in [1.82, 2.24) is 9.88 Å². The fraction of sp³-hybridized carbons (Fsp3) is 0.455. The molecule has 5 nitrogen and oxygen atoms in total. The molecular formula is C11H14N2O3. The van der Waals surface area contributed by atoms with Gasteiger partial charge in [0.1, 0.15) is 6.04 Å². The molecule has 16 heavy (non-hydrogen) atoms. The smallest absolute Gasteiger partial charge is 0.323 e. The van der Waals surface area contributed by atoms with Crippen molar-refractivity contribution in [3.63, 3.8) is 0 Å². The molecule has 0 bridgehead atoms. The van der Waals surface area contributed by atoms with Crippen LogP contribution in [0.4, 0.5) is 0 Å². The Bertz CT molecular complexity index is 479. The van der Waals surface area contributed by atoms with E-state index in [1.807, 2.05) is 6.07 Å². The lowest BCUT2D eigenvalue weighted by Gasteiger charge is -2.23. The van der Waals surface area contributed by atoms with E-state index in [-0.39, 0.29) is 11.5 Å². The molecule has 1 aromatic rings. The third-order valence-electron chi connectivity index (χ3n) is 2.90. The molecule has 1 aliphatic rings. The van der Waals surface area contributed by atoms with Crippen LogP contribution in [0.25, 0.3) is 0 Å². The number of aryl methyl sites for hydroxylation is 1. The van der Waals surface area contributed by atoms with Crippen LogP contribution in [0.2, 0.25) is 0 Å². The van der Waals surface area contributed by atoms with E-state index >= 15 is 0 Å². The molecule has 1 aromatic heterocycles. The molecule has 0 radical (unpaired) electrons. The number of carbonyl (C=O) groups is 1. The second kappa shape index (κ2) is 4.09. The molecule has 0 spiro atoms. The topological polar surface area (TPSA) is 60.3 Å². The predicted octanol–water partition coefficient (Wildman–Crippen LogP) is -0.427. The van der Waals surface area contributed by atoms with Crippen LogP contribution >= 0.6 is 0 Å². The minimum atomic E-state index is -0.410. The number of esters is 1. The zero-order valence-corrected chi connectivity index (χ0v) is 9.32. The number of fused-ring (bicyclic) bond motifs is 1. The fourth-order valence-corrected chi connectivity index (χ4v) is 1.92. The number of pyridine rings is 1. The average molecular weight is 222 g/mol. The number of nitrogens with one attached hydrogen (secondary N) is 1. The molecular weight excluding hydrogens is 208 g/mol. The van der Waals surface area contributed by atoms with Gasteiger partial charge in [-0.1, -0.05) is 0 Å². The molecule has 5 heteroatoms. The lowest BCUT2D eigenvalue weighted by Crippen LogP contribution is -2.45. The summed E-state index contributed by atoms with van der Waals surface area (Å²) < 4.78 is 6.19. The largest absolute Gasteiger partial charge is 0.468 e. The van der Waals surface area contributed by atoms with Crippen LogP contribution in [-0.2, 0) is 29.5 Å². The Balaban J connectivity index is 2.36. The third-order valence-corrected chi connectivity index (χ3v) is 2.90. The van der Waals surface area contributed by atoms with Gasteiger partial charge in [0.05, 0.1) is 7.11 Å². The zero-order valence-electron chi connectivity index (χ0n) is 9.32. The molecule has 86 valence electrons. The second-order valence-corrected chi connectivity index (χ2v) is 3.90. The summed E-state index contributed by atoms with van der Waals surface area (Å²) in [4.78, 5) is 23.2. The van der Waals surface area contributed by atoms with Crippen molar-refractivity contribution in [1.29, 1.82) is 0 Å². The van der Waals surface area contributed by atoms with E-state index in [0.717, 1.165) is 5.56 Å². The molecule has 2 heterocycles. The number of aromatic nitrogens is 1. The lowest BCUT2D eigenvalue weighted by molar-refractivity contribution is -0.143. The predicted molar refractivity (Wildman–Crippen MR) is 58.0 cm³/mol. The van der Waals surface area contributed by atoms with Crippen molar-refractivity contribution in [2.45, 2.75) is 19.0 Å². The van der Waals surface area contributed by atoms with Gasteiger partial charge in [0.2, 0.25) is 0 Å². The highest BCUT2D eigenvalue weighted by molar-refractivity contribution is 5.76. The van der Waals surface area contributed by atoms with Gasteiger partial charge in [0, 0.05) is 31.8 Å². The van der Waals surface area contributed by atoms with Crippen LogP contribution in [0.15, 0.2) is 17.1 Å². The van der Waals surface area contributed by atoms with Gasteiger partial charge in [0.15, 0.2) is 0 Å². The van der Waals surface area contributed by atoms with E-state index in [0.29, 0.717) is 18.5 Å². The minimum absolute atomic E-state index is 0.0343. The van der Waals surface area contributed by atoms with E-state index in [1.54, 1.807) is 13.2 Å². The molecule has 0 aromatic carbocycles. The highest BCUT2D eigenvalue weighted by Crippen LogP contribution is 2.13. The van der Waals surface area contributed by atoms with Crippen molar-refractivity contribution < 1.29 is 9.53 Å². The molecule has 0 aliphatic carbocycles. The first-order chi connectivity index (χ1) is 7.63. The number of ether oxygens (including phenoxy) is 1. The molecule has 1 atom stereocenters. The van der Waals surface area contributed by atoms with E-state index < -0.39 is 6.04 Å². The van der Waals surface area contributed by atoms with Crippen LogP contribution in [0.3, 0.4) is 0 Å². The average Bonchev–Trinajstić information content (AvgIpc) is 2.32. The van der Waals surface area contributed by atoms with Crippen LogP contribution in [0, 0.1) is 0 Å². The Hall–Kier alpha value is -1.62. The molecule has 0 amide bonds. The van der Waals surface area contributed by atoms with Crippen molar-refractivity contribution in [3.05, 3.63) is 33.7 Å². The lowest BCUT2D eigenvalue weighted by atomic mass is 9.97. The zero-order chi connectivity index (χ0) is 11.7.